The number of benzene rings is 1. The highest BCUT2D eigenvalue weighted by atomic mass is 35.5. The van der Waals surface area contributed by atoms with Crippen molar-refractivity contribution in [3.05, 3.63) is 35.4 Å². The van der Waals surface area contributed by atoms with Crippen LogP contribution in [0.4, 0.5) is 8.78 Å². The maximum absolute atomic E-state index is 13.4. The van der Waals surface area contributed by atoms with Crippen LogP contribution in [0.15, 0.2) is 18.2 Å². The van der Waals surface area contributed by atoms with Gasteiger partial charge >= 0.3 is 0 Å². The molecule has 0 aromatic heterocycles. The van der Waals surface area contributed by atoms with Crippen molar-refractivity contribution in [2.45, 2.75) is 19.4 Å². The lowest BCUT2D eigenvalue weighted by molar-refractivity contribution is -0.131. The van der Waals surface area contributed by atoms with Crippen LogP contribution in [-0.4, -0.2) is 36.5 Å². The number of hydrogen-bond donors (Lipinski definition) is 1. The van der Waals surface area contributed by atoms with Crippen molar-refractivity contribution in [3.63, 3.8) is 0 Å². The predicted molar refractivity (Wildman–Crippen MR) is 71.4 cm³/mol. The van der Waals surface area contributed by atoms with E-state index in [1.165, 1.54) is 18.2 Å². The summed E-state index contributed by atoms with van der Waals surface area (Å²) in [7, 11) is 0. The van der Waals surface area contributed by atoms with Crippen LogP contribution in [-0.2, 0) is 11.2 Å². The molecule has 0 spiro atoms. The number of carbonyl (C=O) groups excluding carboxylic acids is 1. The summed E-state index contributed by atoms with van der Waals surface area (Å²) in [6, 6.07) is 3.86. The molecule has 1 saturated heterocycles. The molecule has 106 valence electrons. The molecule has 0 aliphatic carbocycles. The largest absolute Gasteiger partial charge is 0.340 e. The number of hydrogen-bond acceptors (Lipinski definition) is 2. The fraction of sp³-hybridized carbons (Fsp3) is 0.462. The predicted octanol–water partition coefficient (Wildman–Crippen LogP) is 1.75. The average Bonchev–Trinajstić information content (AvgIpc) is 2.34. The number of carbonyl (C=O) groups is 1. The molecular weight excluding hydrogens is 274 g/mol. The minimum Gasteiger partial charge on any atom is -0.340 e. The van der Waals surface area contributed by atoms with E-state index in [4.69, 9.17) is 0 Å². The van der Waals surface area contributed by atoms with E-state index in [2.05, 4.69) is 5.32 Å². The third-order valence-corrected chi connectivity index (χ3v) is 3.11. The van der Waals surface area contributed by atoms with E-state index in [9.17, 15) is 13.6 Å². The van der Waals surface area contributed by atoms with Crippen LogP contribution in [0.25, 0.3) is 0 Å². The molecule has 6 heteroatoms. The number of rotatable bonds is 2. The van der Waals surface area contributed by atoms with E-state index in [1.54, 1.807) is 4.90 Å². The van der Waals surface area contributed by atoms with E-state index in [0.29, 0.717) is 19.6 Å². The van der Waals surface area contributed by atoms with Gasteiger partial charge in [0.05, 0.1) is 6.42 Å². The Hall–Kier alpha value is -1.20. The number of nitrogens with zero attached hydrogens (tertiary/aromatic N) is 1. The molecule has 1 amide bonds. The fourth-order valence-electron chi connectivity index (χ4n) is 2.12. The Bertz CT molecular complexity index is 436. The second-order valence-electron chi connectivity index (χ2n) is 4.57. The van der Waals surface area contributed by atoms with Gasteiger partial charge in [0.15, 0.2) is 0 Å². The van der Waals surface area contributed by atoms with Crippen LogP contribution in [0, 0.1) is 11.6 Å². The van der Waals surface area contributed by atoms with Gasteiger partial charge < -0.3 is 10.2 Å². The van der Waals surface area contributed by atoms with Crippen molar-refractivity contribution in [3.8, 4) is 0 Å². The molecule has 0 bridgehead atoms. The van der Waals surface area contributed by atoms with E-state index in [0.717, 1.165) is 0 Å². The molecule has 1 fully saturated rings. The Morgan fingerprint density at radius 2 is 2.05 bits per heavy atom. The summed E-state index contributed by atoms with van der Waals surface area (Å²) in [5.41, 5.74) is -0.145. The van der Waals surface area contributed by atoms with Gasteiger partial charge in [0.25, 0.3) is 0 Å². The van der Waals surface area contributed by atoms with Crippen LogP contribution < -0.4 is 5.32 Å². The summed E-state index contributed by atoms with van der Waals surface area (Å²) in [5, 5.41) is 3.21. The molecule has 1 aromatic rings. The Morgan fingerprint density at radius 1 is 1.42 bits per heavy atom. The molecule has 1 aromatic carbocycles. The third kappa shape index (κ3) is 3.88. The first-order valence-corrected chi connectivity index (χ1v) is 6.02. The average molecular weight is 291 g/mol. The number of piperazine rings is 1. The van der Waals surface area contributed by atoms with Crippen molar-refractivity contribution >= 4 is 18.3 Å². The summed E-state index contributed by atoms with van der Waals surface area (Å²) in [6.45, 7) is 3.85. The molecule has 1 heterocycles. The van der Waals surface area contributed by atoms with Gasteiger partial charge in [-0.1, -0.05) is 6.07 Å². The van der Waals surface area contributed by atoms with Crippen LogP contribution in [0.5, 0.6) is 0 Å². The Labute approximate surface area is 117 Å². The van der Waals surface area contributed by atoms with Crippen LogP contribution in [0.2, 0.25) is 0 Å². The van der Waals surface area contributed by atoms with Gasteiger partial charge in [0.1, 0.15) is 11.6 Å². The Kier molecular flexibility index (Phi) is 5.69. The van der Waals surface area contributed by atoms with Gasteiger partial charge in [-0.25, -0.2) is 8.78 Å². The molecule has 0 unspecified atom stereocenters. The van der Waals surface area contributed by atoms with Crippen molar-refractivity contribution in [2.75, 3.05) is 19.6 Å². The van der Waals surface area contributed by atoms with Crippen molar-refractivity contribution in [1.82, 2.24) is 10.2 Å². The Morgan fingerprint density at radius 3 is 2.63 bits per heavy atom. The molecule has 19 heavy (non-hydrogen) atoms. The number of amides is 1. The molecule has 1 aliphatic heterocycles. The summed E-state index contributed by atoms with van der Waals surface area (Å²) >= 11 is 0. The molecule has 3 nitrogen and oxygen atoms in total. The standard InChI is InChI=1S/C13H16F2N2O.ClH/c1-9-8-17(6-5-16-9)13(18)7-10-11(14)3-2-4-12(10)15;/h2-4,9,16H,5-8H2,1H3;1H/t9-;/m0./s1. The molecule has 1 aliphatic rings. The lowest BCUT2D eigenvalue weighted by Gasteiger charge is -2.32. The molecule has 0 radical (unpaired) electrons. The lowest BCUT2D eigenvalue weighted by atomic mass is 10.1. The van der Waals surface area contributed by atoms with Gasteiger partial charge in [0, 0.05) is 31.2 Å². The van der Waals surface area contributed by atoms with E-state index < -0.39 is 11.6 Å². The van der Waals surface area contributed by atoms with E-state index in [-0.39, 0.29) is 36.3 Å². The SMILES string of the molecule is C[C@H]1CN(C(=O)Cc2c(F)cccc2F)CCN1.Cl. The summed E-state index contributed by atoms with van der Waals surface area (Å²) in [4.78, 5) is 13.6. The van der Waals surface area contributed by atoms with Crippen LogP contribution in [0.1, 0.15) is 12.5 Å². The summed E-state index contributed by atoms with van der Waals surface area (Å²) in [5.74, 6) is -1.55. The first-order valence-electron chi connectivity index (χ1n) is 6.02. The maximum atomic E-state index is 13.4. The van der Waals surface area contributed by atoms with Crippen LogP contribution >= 0.6 is 12.4 Å². The van der Waals surface area contributed by atoms with Crippen LogP contribution in [0.3, 0.4) is 0 Å². The second kappa shape index (κ2) is 6.82. The molecular formula is C13H17ClF2N2O. The first-order chi connectivity index (χ1) is 8.58. The van der Waals surface area contributed by atoms with Gasteiger partial charge in [-0.15, -0.1) is 12.4 Å². The number of nitrogens with one attached hydrogen (secondary N) is 1. The second-order valence-corrected chi connectivity index (χ2v) is 4.57. The topological polar surface area (TPSA) is 32.3 Å². The highest BCUT2D eigenvalue weighted by Gasteiger charge is 2.22. The zero-order valence-corrected chi connectivity index (χ0v) is 11.5. The summed E-state index contributed by atoms with van der Waals surface area (Å²) in [6.07, 6.45) is -0.217. The first kappa shape index (κ1) is 15.9. The quantitative estimate of drug-likeness (QED) is 0.900. The molecule has 1 atom stereocenters. The van der Waals surface area contributed by atoms with Gasteiger partial charge in [-0.05, 0) is 19.1 Å². The minimum absolute atomic E-state index is 0. The lowest BCUT2D eigenvalue weighted by Crippen LogP contribution is -2.51. The van der Waals surface area contributed by atoms with Gasteiger partial charge in [-0.3, -0.25) is 4.79 Å². The Balaban J connectivity index is 0.00000180. The summed E-state index contributed by atoms with van der Waals surface area (Å²) < 4.78 is 26.9. The normalized spacial score (nSPS) is 18.9. The smallest absolute Gasteiger partial charge is 0.227 e. The van der Waals surface area contributed by atoms with E-state index in [1.807, 2.05) is 6.92 Å². The van der Waals surface area contributed by atoms with E-state index >= 15 is 0 Å². The number of halogens is 3. The highest BCUT2D eigenvalue weighted by molar-refractivity contribution is 5.85. The monoisotopic (exact) mass is 290 g/mol. The zero-order valence-electron chi connectivity index (χ0n) is 10.7. The van der Waals surface area contributed by atoms with Crippen molar-refractivity contribution in [2.24, 2.45) is 0 Å². The molecule has 2 rings (SSSR count). The highest BCUT2D eigenvalue weighted by Crippen LogP contribution is 2.14. The van der Waals surface area contributed by atoms with Gasteiger partial charge in [0.2, 0.25) is 5.91 Å². The maximum Gasteiger partial charge on any atom is 0.227 e. The molecule has 1 N–H and O–H groups in total. The molecule has 0 saturated carbocycles. The van der Waals surface area contributed by atoms with Crippen molar-refractivity contribution < 1.29 is 13.6 Å². The zero-order chi connectivity index (χ0) is 13.1. The van der Waals surface area contributed by atoms with Crippen molar-refractivity contribution in [1.29, 1.82) is 0 Å². The minimum atomic E-state index is -0.661. The third-order valence-electron chi connectivity index (χ3n) is 3.11. The fourth-order valence-corrected chi connectivity index (χ4v) is 2.12. The van der Waals surface area contributed by atoms with Gasteiger partial charge in [-0.2, -0.15) is 0 Å².